The zero-order chi connectivity index (χ0) is 15.2. The maximum atomic E-state index is 13.1. The molecule has 0 spiro atoms. The third-order valence-electron chi connectivity index (χ3n) is 2.98. The van der Waals surface area contributed by atoms with E-state index in [1.54, 1.807) is 0 Å². The molecular weight excluding hydrogens is 289 g/mol. The maximum Gasteiger partial charge on any atom is 0.500 e. The van der Waals surface area contributed by atoms with Gasteiger partial charge in [0, 0.05) is 26.9 Å². The molecule has 1 aromatic carbocycles. The summed E-state index contributed by atoms with van der Waals surface area (Å²) in [5.74, 6) is -3.79. The summed E-state index contributed by atoms with van der Waals surface area (Å²) in [4.78, 5) is 0. The van der Waals surface area contributed by atoms with E-state index in [0.717, 1.165) is 12.1 Å². The van der Waals surface area contributed by atoms with Gasteiger partial charge in [0.1, 0.15) is 0 Å². The van der Waals surface area contributed by atoms with Gasteiger partial charge < -0.3 is 13.3 Å². The Morgan fingerprint density at radius 3 is 2.05 bits per heavy atom. The Balaban J connectivity index is 2.63. The summed E-state index contributed by atoms with van der Waals surface area (Å²) in [5, 5.41) is 0. The smallest absolute Gasteiger partial charge is 0.377 e. The first-order valence-electron chi connectivity index (χ1n) is 6.35. The second-order valence-electron chi connectivity index (χ2n) is 4.25. The van der Waals surface area contributed by atoms with Crippen LogP contribution in [0.5, 0.6) is 0 Å². The lowest BCUT2D eigenvalue weighted by molar-refractivity contribution is 0.103. The highest BCUT2D eigenvalue weighted by atomic mass is 28.4. The van der Waals surface area contributed by atoms with Crippen LogP contribution >= 0.6 is 0 Å². The monoisotopic (exact) mass is 308 g/mol. The zero-order valence-electron chi connectivity index (χ0n) is 11.8. The predicted octanol–water partition coefficient (Wildman–Crippen LogP) is 3.30. The Hall–Kier alpha value is -0.893. The van der Waals surface area contributed by atoms with Crippen molar-refractivity contribution >= 4 is 8.80 Å². The predicted molar refractivity (Wildman–Crippen MR) is 70.8 cm³/mol. The van der Waals surface area contributed by atoms with Crippen molar-refractivity contribution in [3.8, 4) is 0 Å². The van der Waals surface area contributed by atoms with Crippen molar-refractivity contribution in [1.29, 1.82) is 0 Å². The lowest BCUT2D eigenvalue weighted by Gasteiger charge is -2.25. The summed E-state index contributed by atoms with van der Waals surface area (Å²) in [7, 11) is 0.336. The van der Waals surface area contributed by atoms with Crippen molar-refractivity contribution in [3.63, 3.8) is 0 Å². The van der Waals surface area contributed by atoms with E-state index in [-0.39, 0.29) is 0 Å². The molecule has 0 aromatic heterocycles. The van der Waals surface area contributed by atoms with Gasteiger partial charge in [-0.25, -0.2) is 13.2 Å². The van der Waals surface area contributed by atoms with Crippen LogP contribution in [0.2, 0.25) is 6.04 Å². The second kappa shape index (κ2) is 7.77. The minimum Gasteiger partial charge on any atom is -0.377 e. The van der Waals surface area contributed by atoms with Gasteiger partial charge in [-0.1, -0.05) is 0 Å². The standard InChI is InChI=1S/C13H19F3O3Si/c1-4-19-20(17-2,18-3)7-5-6-10-8-11(14)13(16)12(15)9-10/h8-9H,4-7H2,1-3H3. The molecule has 0 saturated heterocycles. The van der Waals surface area contributed by atoms with Gasteiger partial charge in [-0.3, -0.25) is 0 Å². The third kappa shape index (κ3) is 4.31. The molecule has 20 heavy (non-hydrogen) atoms. The molecule has 3 nitrogen and oxygen atoms in total. The molecule has 0 bridgehead atoms. The van der Waals surface area contributed by atoms with Crippen molar-refractivity contribution in [2.75, 3.05) is 20.8 Å². The topological polar surface area (TPSA) is 27.7 Å². The number of hydrogen-bond donors (Lipinski definition) is 0. The van der Waals surface area contributed by atoms with Gasteiger partial charge in [-0.15, -0.1) is 0 Å². The van der Waals surface area contributed by atoms with Crippen molar-refractivity contribution in [2.24, 2.45) is 0 Å². The van der Waals surface area contributed by atoms with Crippen LogP contribution in [0, 0.1) is 17.5 Å². The molecule has 0 heterocycles. The number of hydrogen-bond acceptors (Lipinski definition) is 3. The average Bonchev–Trinajstić information content (AvgIpc) is 2.43. The molecule has 0 atom stereocenters. The number of halogens is 3. The van der Waals surface area contributed by atoms with Gasteiger partial charge in [0.15, 0.2) is 17.5 Å². The largest absolute Gasteiger partial charge is 0.500 e. The van der Waals surface area contributed by atoms with Gasteiger partial charge in [0.05, 0.1) is 0 Å². The van der Waals surface area contributed by atoms with E-state index in [2.05, 4.69) is 0 Å². The fraction of sp³-hybridized carbons (Fsp3) is 0.538. The van der Waals surface area contributed by atoms with E-state index >= 15 is 0 Å². The minimum atomic E-state index is -2.70. The first-order valence-corrected chi connectivity index (χ1v) is 8.29. The summed E-state index contributed by atoms with van der Waals surface area (Å²) >= 11 is 0. The summed E-state index contributed by atoms with van der Waals surface area (Å²) < 4.78 is 55.1. The highest BCUT2D eigenvalue weighted by molar-refractivity contribution is 6.60. The Labute approximate surface area is 118 Å². The molecule has 7 heteroatoms. The average molecular weight is 308 g/mol. The molecule has 0 aliphatic carbocycles. The third-order valence-corrected chi connectivity index (χ3v) is 5.92. The van der Waals surface area contributed by atoms with Crippen LogP contribution in [0.3, 0.4) is 0 Å². The molecule has 0 unspecified atom stereocenters. The summed E-state index contributed by atoms with van der Waals surface area (Å²) in [5.41, 5.74) is 0.396. The highest BCUT2D eigenvalue weighted by Crippen LogP contribution is 2.20. The number of rotatable bonds is 8. The molecule has 0 amide bonds. The maximum absolute atomic E-state index is 13.1. The van der Waals surface area contributed by atoms with Crippen LogP contribution in [0.15, 0.2) is 12.1 Å². The lowest BCUT2D eigenvalue weighted by Crippen LogP contribution is -2.43. The summed E-state index contributed by atoms with van der Waals surface area (Å²) in [6, 6.07) is 2.53. The van der Waals surface area contributed by atoms with E-state index in [1.807, 2.05) is 6.92 Å². The van der Waals surface area contributed by atoms with Crippen LogP contribution in [0.25, 0.3) is 0 Å². The fourth-order valence-electron chi connectivity index (χ4n) is 1.96. The Morgan fingerprint density at radius 1 is 1.05 bits per heavy atom. The molecule has 0 radical (unpaired) electrons. The highest BCUT2D eigenvalue weighted by Gasteiger charge is 2.37. The SMILES string of the molecule is CCO[Si](CCCc1cc(F)c(F)c(F)c1)(OC)OC. The van der Waals surface area contributed by atoms with E-state index in [0.29, 0.717) is 31.1 Å². The first kappa shape index (κ1) is 17.2. The van der Waals surface area contributed by atoms with E-state index in [9.17, 15) is 13.2 Å². The fourth-order valence-corrected chi connectivity index (χ4v) is 3.96. The second-order valence-corrected chi connectivity index (χ2v) is 7.22. The number of benzene rings is 1. The molecule has 0 aliphatic rings. The zero-order valence-corrected chi connectivity index (χ0v) is 12.8. The molecular formula is C13H19F3O3Si. The van der Waals surface area contributed by atoms with Crippen molar-refractivity contribution < 1.29 is 26.4 Å². The molecule has 0 saturated carbocycles. The molecule has 114 valence electrons. The van der Waals surface area contributed by atoms with Gasteiger partial charge in [-0.2, -0.15) is 0 Å². The van der Waals surface area contributed by atoms with Crippen LogP contribution in [0.1, 0.15) is 18.9 Å². The van der Waals surface area contributed by atoms with E-state index < -0.39 is 26.3 Å². The van der Waals surface area contributed by atoms with Gasteiger partial charge in [0.2, 0.25) is 0 Å². The molecule has 0 aliphatic heterocycles. The van der Waals surface area contributed by atoms with E-state index in [1.165, 1.54) is 14.2 Å². The van der Waals surface area contributed by atoms with Gasteiger partial charge >= 0.3 is 8.80 Å². The van der Waals surface area contributed by atoms with Crippen LogP contribution in [0.4, 0.5) is 13.2 Å². The molecule has 0 fully saturated rings. The van der Waals surface area contributed by atoms with E-state index in [4.69, 9.17) is 13.3 Å². The van der Waals surface area contributed by atoms with Crippen LogP contribution < -0.4 is 0 Å². The number of aryl methyl sites for hydroxylation is 1. The Bertz CT molecular complexity index is 416. The molecule has 0 N–H and O–H groups in total. The normalized spacial score (nSPS) is 11.9. The van der Waals surface area contributed by atoms with Gasteiger partial charge in [-0.05, 0) is 37.5 Å². The van der Waals surface area contributed by atoms with Gasteiger partial charge in [0.25, 0.3) is 0 Å². The van der Waals surface area contributed by atoms with Crippen molar-refractivity contribution in [1.82, 2.24) is 0 Å². The summed E-state index contributed by atoms with van der Waals surface area (Å²) in [6.45, 7) is 2.30. The quantitative estimate of drug-likeness (QED) is 0.545. The Morgan fingerprint density at radius 2 is 1.60 bits per heavy atom. The Kier molecular flexibility index (Phi) is 6.67. The summed E-state index contributed by atoms with van der Waals surface area (Å²) in [6.07, 6.45) is 0.959. The molecule has 1 rings (SSSR count). The lowest BCUT2D eigenvalue weighted by atomic mass is 10.1. The minimum absolute atomic E-state index is 0.392. The van der Waals surface area contributed by atoms with Crippen LogP contribution in [-0.4, -0.2) is 29.6 Å². The van der Waals surface area contributed by atoms with Crippen molar-refractivity contribution in [3.05, 3.63) is 35.1 Å². The van der Waals surface area contributed by atoms with Crippen LogP contribution in [-0.2, 0) is 19.7 Å². The first-order chi connectivity index (χ1) is 9.48. The van der Waals surface area contributed by atoms with Crippen molar-refractivity contribution in [2.45, 2.75) is 25.8 Å². The molecule has 1 aromatic rings.